The van der Waals surface area contributed by atoms with Crippen molar-refractivity contribution < 1.29 is 19.1 Å². The molecule has 4 aromatic rings. The number of carbonyl (C=O) groups excluding carboxylic acids is 3. The normalized spacial score (nSPS) is 11.0. The summed E-state index contributed by atoms with van der Waals surface area (Å²) < 4.78 is 6.33. The van der Waals surface area contributed by atoms with Gasteiger partial charge < -0.3 is 10.1 Å². The minimum absolute atomic E-state index is 0.239. The SMILES string of the molecule is O=C(CNC(=O)c1ccc(Cl)c(Cl)c1)N/N=C\c1ccc(OC(=O)c2sc3ccccc3c2Cl)cc1. The quantitative estimate of drug-likeness (QED) is 0.126. The van der Waals surface area contributed by atoms with E-state index in [0.717, 1.165) is 10.1 Å². The van der Waals surface area contributed by atoms with Crippen molar-refractivity contribution in [2.24, 2.45) is 5.10 Å². The minimum atomic E-state index is -0.544. The van der Waals surface area contributed by atoms with Gasteiger partial charge in [0.2, 0.25) is 0 Å². The molecule has 1 heterocycles. The highest BCUT2D eigenvalue weighted by Gasteiger charge is 2.19. The maximum atomic E-state index is 12.6. The molecule has 0 fully saturated rings. The number of hydrogen-bond donors (Lipinski definition) is 2. The van der Waals surface area contributed by atoms with Crippen LogP contribution in [0.3, 0.4) is 0 Å². The molecule has 0 atom stereocenters. The fraction of sp³-hybridized carbons (Fsp3) is 0.0400. The Morgan fingerprint density at radius 3 is 2.42 bits per heavy atom. The van der Waals surface area contributed by atoms with Gasteiger partial charge in [-0.15, -0.1) is 11.3 Å². The van der Waals surface area contributed by atoms with Crippen LogP contribution < -0.4 is 15.5 Å². The molecule has 36 heavy (non-hydrogen) atoms. The first kappa shape index (κ1) is 25.7. The Kier molecular flexibility index (Phi) is 8.22. The summed E-state index contributed by atoms with van der Waals surface area (Å²) in [5.74, 6) is -1.21. The predicted octanol–water partition coefficient (Wildman–Crippen LogP) is 5.96. The molecule has 0 spiro atoms. The average Bonchev–Trinajstić information content (AvgIpc) is 3.22. The number of hydrazone groups is 1. The monoisotopic (exact) mass is 559 g/mol. The number of carbonyl (C=O) groups is 3. The number of halogens is 3. The number of esters is 1. The standard InChI is InChI=1S/C25H16Cl3N3O4S/c26-18-10-7-15(11-19(18)27)24(33)29-13-21(32)31-30-12-14-5-8-16(9-6-14)35-25(34)23-22(28)17-3-1-2-4-20(17)36-23/h1-12H,13H2,(H,29,33)(H,31,32)/b30-12-. The molecule has 0 bridgehead atoms. The van der Waals surface area contributed by atoms with Gasteiger partial charge in [0.05, 0.1) is 27.8 Å². The molecule has 0 saturated carbocycles. The van der Waals surface area contributed by atoms with Crippen molar-refractivity contribution in [3.8, 4) is 5.75 Å². The third-order valence-corrected chi connectivity index (χ3v) is 7.20. The van der Waals surface area contributed by atoms with Crippen molar-refractivity contribution in [1.29, 1.82) is 0 Å². The number of rotatable bonds is 7. The van der Waals surface area contributed by atoms with E-state index >= 15 is 0 Å². The largest absolute Gasteiger partial charge is 0.422 e. The summed E-state index contributed by atoms with van der Waals surface area (Å²) >= 11 is 19.3. The molecule has 0 saturated heterocycles. The summed E-state index contributed by atoms with van der Waals surface area (Å²) in [5.41, 5.74) is 3.24. The highest BCUT2D eigenvalue weighted by molar-refractivity contribution is 7.21. The van der Waals surface area contributed by atoms with Crippen molar-refractivity contribution in [2.75, 3.05) is 6.54 Å². The Morgan fingerprint density at radius 2 is 1.69 bits per heavy atom. The van der Waals surface area contributed by atoms with Crippen LogP contribution in [0.2, 0.25) is 15.1 Å². The highest BCUT2D eigenvalue weighted by atomic mass is 35.5. The molecule has 11 heteroatoms. The Balaban J connectivity index is 1.27. The molecule has 2 N–H and O–H groups in total. The molecule has 0 radical (unpaired) electrons. The maximum Gasteiger partial charge on any atom is 0.355 e. The van der Waals surface area contributed by atoms with Crippen LogP contribution in [0.1, 0.15) is 25.6 Å². The molecular formula is C25H16Cl3N3O4S. The van der Waals surface area contributed by atoms with E-state index in [9.17, 15) is 14.4 Å². The van der Waals surface area contributed by atoms with Crippen LogP contribution in [0.15, 0.2) is 71.8 Å². The first-order valence-corrected chi connectivity index (χ1v) is 12.3. The van der Waals surface area contributed by atoms with Gasteiger partial charge in [-0.05, 0) is 54.1 Å². The first-order valence-electron chi connectivity index (χ1n) is 10.4. The van der Waals surface area contributed by atoms with Crippen LogP contribution in [-0.4, -0.2) is 30.5 Å². The fourth-order valence-corrected chi connectivity index (χ4v) is 4.72. The van der Waals surface area contributed by atoms with E-state index in [1.54, 1.807) is 24.3 Å². The van der Waals surface area contributed by atoms with Gasteiger partial charge in [-0.3, -0.25) is 9.59 Å². The number of hydrogen-bond acceptors (Lipinski definition) is 6. The molecule has 7 nitrogen and oxygen atoms in total. The summed E-state index contributed by atoms with van der Waals surface area (Å²) in [6, 6.07) is 18.4. The van der Waals surface area contributed by atoms with Crippen molar-refractivity contribution in [2.45, 2.75) is 0 Å². The maximum absolute atomic E-state index is 12.6. The van der Waals surface area contributed by atoms with E-state index in [-0.39, 0.29) is 17.1 Å². The fourth-order valence-electron chi connectivity index (χ4n) is 3.04. The van der Waals surface area contributed by atoms with Gasteiger partial charge in [-0.2, -0.15) is 5.10 Å². The summed E-state index contributed by atoms with van der Waals surface area (Å²) in [7, 11) is 0. The highest BCUT2D eigenvalue weighted by Crippen LogP contribution is 2.35. The lowest BCUT2D eigenvalue weighted by Gasteiger charge is -2.05. The smallest absolute Gasteiger partial charge is 0.355 e. The lowest BCUT2D eigenvalue weighted by molar-refractivity contribution is -0.120. The third kappa shape index (κ3) is 6.22. The molecule has 3 aromatic carbocycles. The number of nitrogens with one attached hydrogen (secondary N) is 2. The summed E-state index contributed by atoms with van der Waals surface area (Å²) in [4.78, 5) is 36.9. The van der Waals surface area contributed by atoms with E-state index in [1.165, 1.54) is 35.8 Å². The molecule has 0 unspecified atom stereocenters. The van der Waals surface area contributed by atoms with Crippen LogP contribution in [0.5, 0.6) is 5.75 Å². The molecule has 2 amide bonds. The Morgan fingerprint density at radius 1 is 0.944 bits per heavy atom. The van der Waals surface area contributed by atoms with Crippen molar-refractivity contribution in [3.63, 3.8) is 0 Å². The molecule has 4 rings (SSSR count). The Hall–Kier alpha value is -3.43. The molecule has 1 aromatic heterocycles. The number of benzene rings is 3. The molecule has 182 valence electrons. The zero-order valence-electron chi connectivity index (χ0n) is 18.3. The molecule has 0 aliphatic rings. The zero-order chi connectivity index (χ0) is 25.7. The lowest BCUT2D eigenvalue weighted by atomic mass is 10.2. The Bertz CT molecular complexity index is 1490. The number of ether oxygens (including phenoxy) is 1. The summed E-state index contributed by atoms with van der Waals surface area (Å²) in [6.45, 7) is -0.286. The summed E-state index contributed by atoms with van der Waals surface area (Å²) in [6.07, 6.45) is 1.41. The van der Waals surface area contributed by atoms with E-state index in [2.05, 4.69) is 15.8 Å². The van der Waals surface area contributed by atoms with Crippen LogP contribution in [0.4, 0.5) is 0 Å². The third-order valence-electron chi connectivity index (χ3n) is 4.81. The van der Waals surface area contributed by atoms with E-state index in [1.807, 2.05) is 24.3 Å². The number of thiophene rings is 1. The van der Waals surface area contributed by atoms with Crippen LogP contribution in [0.25, 0.3) is 10.1 Å². The van der Waals surface area contributed by atoms with Gasteiger partial charge in [-0.1, -0.05) is 53.0 Å². The number of amides is 2. The zero-order valence-corrected chi connectivity index (χ0v) is 21.3. The predicted molar refractivity (Wildman–Crippen MR) is 143 cm³/mol. The average molecular weight is 561 g/mol. The van der Waals surface area contributed by atoms with Gasteiger partial charge >= 0.3 is 5.97 Å². The summed E-state index contributed by atoms with van der Waals surface area (Å²) in [5, 5.41) is 8.05. The van der Waals surface area contributed by atoms with Crippen LogP contribution >= 0.6 is 46.1 Å². The second kappa shape index (κ2) is 11.5. The van der Waals surface area contributed by atoms with Crippen molar-refractivity contribution in [1.82, 2.24) is 10.7 Å². The van der Waals surface area contributed by atoms with Gasteiger partial charge in [-0.25, -0.2) is 10.2 Å². The number of nitrogens with zero attached hydrogens (tertiary/aromatic N) is 1. The first-order chi connectivity index (χ1) is 17.3. The number of fused-ring (bicyclic) bond motifs is 1. The van der Waals surface area contributed by atoms with E-state index < -0.39 is 17.8 Å². The molecule has 0 aliphatic heterocycles. The van der Waals surface area contributed by atoms with Gasteiger partial charge in [0, 0.05) is 15.6 Å². The molecule has 0 aliphatic carbocycles. The molecular weight excluding hydrogens is 545 g/mol. The van der Waals surface area contributed by atoms with Gasteiger partial charge in [0.15, 0.2) is 0 Å². The topological polar surface area (TPSA) is 96.9 Å². The second-order valence-electron chi connectivity index (χ2n) is 7.30. The van der Waals surface area contributed by atoms with Crippen molar-refractivity contribution in [3.05, 3.63) is 97.8 Å². The van der Waals surface area contributed by atoms with Crippen LogP contribution in [0, 0.1) is 0 Å². The minimum Gasteiger partial charge on any atom is -0.422 e. The van der Waals surface area contributed by atoms with E-state index in [4.69, 9.17) is 39.5 Å². The van der Waals surface area contributed by atoms with Gasteiger partial charge in [0.25, 0.3) is 11.8 Å². The van der Waals surface area contributed by atoms with Gasteiger partial charge in [0.1, 0.15) is 10.6 Å². The second-order valence-corrected chi connectivity index (χ2v) is 9.55. The van der Waals surface area contributed by atoms with Crippen molar-refractivity contribution >= 4 is 80.2 Å². The van der Waals surface area contributed by atoms with E-state index in [0.29, 0.717) is 26.2 Å². The lowest BCUT2D eigenvalue weighted by Crippen LogP contribution is -2.34. The Labute approximate surface area is 224 Å². The van der Waals surface area contributed by atoms with Crippen LogP contribution in [-0.2, 0) is 4.79 Å².